The highest BCUT2D eigenvalue weighted by atomic mass is 79.9. The van der Waals surface area contributed by atoms with E-state index in [0.717, 1.165) is 16.5 Å². The Labute approximate surface area is 121 Å². The normalized spacial score (nSPS) is 16.4. The molecule has 1 amide bonds. The average Bonchev–Trinajstić information content (AvgIpc) is 2.39. The van der Waals surface area contributed by atoms with Gasteiger partial charge in [0.15, 0.2) is 0 Å². The summed E-state index contributed by atoms with van der Waals surface area (Å²) in [6.45, 7) is 0.568. The summed E-state index contributed by atoms with van der Waals surface area (Å²) < 4.78 is 1.03. The van der Waals surface area contributed by atoms with Gasteiger partial charge >= 0.3 is 0 Å². The van der Waals surface area contributed by atoms with Crippen molar-refractivity contribution in [2.45, 2.75) is 18.9 Å². The topological polar surface area (TPSA) is 29.1 Å². The molecule has 1 atom stereocenters. The van der Waals surface area contributed by atoms with Gasteiger partial charge in [-0.1, -0.05) is 58.4 Å². The molecule has 0 aromatic heterocycles. The summed E-state index contributed by atoms with van der Waals surface area (Å²) >= 11 is 3.49. The van der Waals surface area contributed by atoms with Crippen molar-refractivity contribution in [3.8, 4) is 0 Å². The van der Waals surface area contributed by atoms with Gasteiger partial charge in [-0.05, 0) is 29.2 Å². The number of amides is 1. The first-order valence-corrected chi connectivity index (χ1v) is 7.14. The lowest BCUT2D eigenvalue weighted by atomic mass is 9.77. The molecule has 0 saturated heterocycles. The molecule has 2 aromatic rings. The van der Waals surface area contributed by atoms with E-state index in [4.69, 9.17) is 0 Å². The summed E-state index contributed by atoms with van der Waals surface area (Å²) in [7, 11) is 0. The molecule has 0 fully saturated rings. The van der Waals surface area contributed by atoms with E-state index in [-0.39, 0.29) is 11.8 Å². The maximum absolute atomic E-state index is 12.1. The molecule has 0 saturated carbocycles. The van der Waals surface area contributed by atoms with Crippen LogP contribution in [0.4, 0.5) is 0 Å². The van der Waals surface area contributed by atoms with Crippen molar-refractivity contribution in [2.75, 3.05) is 0 Å². The van der Waals surface area contributed by atoms with E-state index in [9.17, 15) is 4.79 Å². The van der Waals surface area contributed by atoms with Crippen LogP contribution in [0.25, 0.3) is 0 Å². The Morgan fingerprint density at radius 1 is 1.16 bits per heavy atom. The Kier molecular flexibility index (Phi) is 3.38. The number of fused-ring (bicyclic) bond motifs is 1. The van der Waals surface area contributed by atoms with Crippen molar-refractivity contribution < 1.29 is 4.79 Å². The van der Waals surface area contributed by atoms with Crippen LogP contribution in [0.2, 0.25) is 0 Å². The van der Waals surface area contributed by atoms with Crippen LogP contribution in [0.5, 0.6) is 0 Å². The fourth-order valence-electron chi connectivity index (χ4n) is 2.44. The van der Waals surface area contributed by atoms with Crippen LogP contribution in [0.15, 0.2) is 53.0 Å². The highest BCUT2D eigenvalue weighted by Gasteiger charge is 2.31. The van der Waals surface area contributed by atoms with Crippen molar-refractivity contribution in [2.24, 2.45) is 0 Å². The third-order valence-corrected chi connectivity index (χ3v) is 4.36. The molecule has 1 aliphatic carbocycles. The number of nitrogens with one attached hydrogen (secondary N) is 1. The van der Waals surface area contributed by atoms with Crippen molar-refractivity contribution in [3.63, 3.8) is 0 Å². The minimum absolute atomic E-state index is 0.0266. The van der Waals surface area contributed by atoms with E-state index < -0.39 is 0 Å². The van der Waals surface area contributed by atoms with E-state index in [1.165, 1.54) is 11.1 Å². The molecule has 19 heavy (non-hydrogen) atoms. The predicted molar refractivity (Wildman–Crippen MR) is 78.9 cm³/mol. The number of carbonyl (C=O) groups excluding carboxylic acids is 1. The van der Waals surface area contributed by atoms with Crippen LogP contribution in [0, 0.1) is 0 Å². The van der Waals surface area contributed by atoms with E-state index in [1.807, 2.05) is 42.5 Å². The highest BCUT2D eigenvalue weighted by molar-refractivity contribution is 9.10. The summed E-state index contributed by atoms with van der Waals surface area (Å²) in [6, 6.07) is 16.1. The molecule has 1 N–H and O–H groups in total. The second kappa shape index (κ2) is 5.17. The average molecular weight is 316 g/mol. The van der Waals surface area contributed by atoms with Crippen molar-refractivity contribution in [1.29, 1.82) is 0 Å². The van der Waals surface area contributed by atoms with Gasteiger partial charge in [0, 0.05) is 11.0 Å². The van der Waals surface area contributed by atoms with E-state index in [0.29, 0.717) is 6.54 Å². The van der Waals surface area contributed by atoms with Gasteiger partial charge < -0.3 is 5.32 Å². The maximum Gasteiger partial charge on any atom is 0.228 e. The molecule has 0 aliphatic heterocycles. The minimum atomic E-state index is 0.0266. The summed E-state index contributed by atoms with van der Waals surface area (Å²) in [5.74, 6) is 0.146. The third kappa shape index (κ3) is 2.43. The molecule has 1 unspecified atom stereocenters. The molecule has 0 heterocycles. The van der Waals surface area contributed by atoms with Crippen LogP contribution in [-0.2, 0) is 17.8 Å². The van der Waals surface area contributed by atoms with Crippen molar-refractivity contribution in [1.82, 2.24) is 5.32 Å². The van der Waals surface area contributed by atoms with E-state index >= 15 is 0 Å². The van der Waals surface area contributed by atoms with Gasteiger partial charge in [0.2, 0.25) is 5.91 Å². The third-order valence-electron chi connectivity index (χ3n) is 3.58. The van der Waals surface area contributed by atoms with Crippen LogP contribution in [0.3, 0.4) is 0 Å². The van der Waals surface area contributed by atoms with Gasteiger partial charge in [0.25, 0.3) is 0 Å². The zero-order valence-corrected chi connectivity index (χ0v) is 12.0. The van der Waals surface area contributed by atoms with Crippen LogP contribution in [-0.4, -0.2) is 5.91 Å². The second-order valence-electron chi connectivity index (χ2n) is 4.76. The zero-order valence-electron chi connectivity index (χ0n) is 10.4. The Bertz CT molecular complexity index is 624. The Morgan fingerprint density at radius 2 is 1.89 bits per heavy atom. The Balaban J connectivity index is 1.64. The molecule has 2 aromatic carbocycles. The molecule has 0 radical (unpaired) electrons. The lowest BCUT2D eigenvalue weighted by molar-refractivity contribution is -0.123. The molecule has 3 rings (SSSR count). The first-order valence-electron chi connectivity index (χ1n) is 6.34. The summed E-state index contributed by atoms with van der Waals surface area (Å²) in [5.41, 5.74) is 3.57. The molecular formula is C16H14BrNO. The zero-order chi connectivity index (χ0) is 13.2. The van der Waals surface area contributed by atoms with Gasteiger partial charge in [-0.2, -0.15) is 0 Å². The smallest absolute Gasteiger partial charge is 0.228 e. The van der Waals surface area contributed by atoms with Crippen molar-refractivity contribution >= 4 is 21.8 Å². The predicted octanol–water partition coefficient (Wildman–Crippen LogP) is 3.41. The number of halogens is 1. The van der Waals surface area contributed by atoms with Crippen LogP contribution >= 0.6 is 15.9 Å². The molecule has 0 spiro atoms. The van der Waals surface area contributed by atoms with Gasteiger partial charge in [0.1, 0.15) is 0 Å². The van der Waals surface area contributed by atoms with Gasteiger partial charge in [-0.15, -0.1) is 0 Å². The monoisotopic (exact) mass is 315 g/mol. The second-order valence-corrected chi connectivity index (χ2v) is 5.62. The SMILES string of the molecule is O=C(NCc1ccccc1Br)C1Cc2ccccc21. The first-order chi connectivity index (χ1) is 9.25. The Morgan fingerprint density at radius 3 is 2.68 bits per heavy atom. The summed E-state index contributed by atoms with van der Waals surface area (Å²) in [6.07, 6.45) is 0.859. The lowest BCUT2D eigenvalue weighted by Gasteiger charge is -2.28. The van der Waals surface area contributed by atoms with Gasteiger partial charge in [-0.25, -0.2) is 0 Å². The van der Waals surface area contributed by atoms with Crippen LogP contribution in [0.1, 0.15) is 22.6 Å². The molecule has 0 bridgehead atoms. The molecule has 96 valence electrons. The number of hydrogen-bond donors (Lipinski definition) is 1. The number of hydrogen-bond acceptors (Lipinski definition) is 1. The fourth-order valence-corrected chi connectivity index (χ4v) is 2.87. The van der Waals surface area contributed by atoms with Crippen molar-refractivity contribution in [3.05, 3.63) is 69.7 Å². The molecule has 1 aliphatic rings. The molecule has 3 heteroatoms. The summed E-state index contributed by atoms with van der Waals surface area (Å²) in [5, 5.41) is 3.01. The lowest BCUT2D eigenvalue weighted by Crippen LogP contribution is -2.35. The largest absolute Gasteiger partial charge is 0.351 e. The van der Waals surface area contributed by atoms with E-state index in [1.54, 1.807) is 0 Å². The quantitative estimate of drug-likeness (QED) is 0.924. The highest BCUT2D eigenvalue weighted by Crippen LogP contribution is 2.34. The van der Waals surface area contributed by atoms with Crippen LogP contribution < -0.4 is 5.32 Å². The van der Waals surface area contributed by atoms with Gasteiger partial charge in [-0.3, -0.25) is 4.79 Å². The first kappa shape index (κ1) is 12.4. The standard InChI is InChI=1S/C16H14BrNO/c17-15-8-4-2-6-12(15)10-18-16(19)14-9-11-5-1-3-7-13(11)14/h1-8,14H,9-10H2,(H,18,19). The molecule has 2 nitrogen and oxygen atoms in total. The number of rotatable bonds is 3. The number of benzene rings is 2. The maximum atomic E-state index is 12.1. The minimum Gasteiger partial charge on any atom is -0.351 e. The van der Waals surface area contributed by atoms with Gasteiger partial charge in [0.05, 0.1) is 5.92 Å². The molecular weight excluding hydrogens is 302 g/mol. The Hall–Kier alpha value is -1.61. The fraction of sp³-hybridized carbons (Fsp3) is 0.188. The summed E-state index contributed by atoms with van der Waals surface area (Å²) in [4.78, 5) is 12.1. The number of carbonyl (C=O) groups is 1. The van der Waals surface area contributed by atoms with E-state index in [2.05, 4.69) is 27.3 Å².